The number of carbonyl (C=O) groups is 3. The first-order valence-corrected chi connectivity index (χ1v) is 9.59. The fraction of sp³-hybridized carbons (Fsp3) is 0.318. The fourth-order valence-electron chi connectivity index (χ4n) is 3.60. The maximum absolute atomic E-state index is 13.0. The van der Waals surface area contributed by atoms with Gasteiger partial charge in [0.05, 0.1) is 5.92 Å². The van der Waals surface area contributed by atoms with Crippen LogP contribution in [0.5, 0.6) is 0 Å². The van der Waals surface area contributed by atoms with Crippen molar-refractivity contribution in [3.8, 4) is 0 Å². The highest BCUT2D eigenvalue weighted by Crippen LogP contribution is 2.33. The van der Waals surface area contributed by atoms with Crippen molar-refractivity contribution in [2.75, 3.05) is 18.4 Å². The van der Waals surface area contributed by atoms with Crippen molar-refractivity contribution < 1.29 is 19.5 Å². The first kappa shape index (κ1) is 20.4. The molecule has 0 spiro atoms. The van der Waals surface area contributed by atoms with Crippen LogP contribution in [0.1, 0.15) is 35.7 Å². The molecule has 7 heteroatoms. The highest BCUT2D eigenvalue weighted by Gasteiger charge is 2.40. The van der Waals surface area contributed by atoms with Crippen molar-refractivity contribution in [2.45, 2.75) is 25.8 Å². The van der Waals surface area contributed by atoms with E-state index in [2.05, 4.69) is 10.6 Å². The summed E-state index contributed by atoms with van der Waals surface area (Å²) >= 11 is 0. The van der Waals surface area contributed by atoms with Gasteiger partial charge in [0.2, 0.25) is 0 Å². The van der Waals surface area contributed by atoms with Gasteiger partial charge in [0.1, 0.15) is 0 Å². The molecule has 0 aliphatic carbocycles. The lowest BCUT2D eigenvalue weighted by atomic mass is 9.89. The minimum absolute atomic E-state index is 0.00714. The number of hydrogen-bond donors (Lipinski definition) is 3. The van der Waals surface area contributed by atoms with Crippen LogP contribution in [0.15, 0.2) is 54.6 Å². The molecule has 2 aromatic carbocycles. The Morgan fingerprint density at radius 3 is 2.41 bits per heavy atom. The Balaban J connectivity index is 1.76. The average Bonchev–Trinajstić information content (AvgIpc) is 3.13. The Hall–Kier alpha value is -3.35. The van der Waals surface area contributed by atoms with E-state index in [1.54, 1.807) is 29.2 Å². The number of anilines is 1. The van der Waals surface area contributed by atoms with E-state index in [4.69, 9.17) is 0 Å². The second-order valence-electron chi connectivity index (χ2n) is 7.51. The van der Waals surface area contributed by atoms with Gasteiger partial charge < -0.3 is 20.6 Å². The summed E-state index contributed by atoms with van der Waals surface area (Å²) < 4.78 is 0. The van der Waals surface area contributed by atoms with Crippen molar-refractivity contribution in [1.29, 1.82) is 0 Å². The Bertz CT molecular complexity index is 898. The second kappa shape index (κ2) is 8.77. The van der Waals surface area contributed by atoms with Gasteiger partial charge in [-0.2, -0.15) is 0 Å². The summed E-state index contributed by atoms with van der Waals surface area (Å²) in [5, 5.41) is 15.1. The Morgan fingerprint density at radius 2 is 1.76 bits per heavy atom. The molecule has 2 aromatic rings. The lowest BCUT2D eigenvalue weighted by Gasteiger charge is -2.17. The maximum Gasteiger partial charge on any atom is 0.319 e. The predicted octanol–water partition coefficient (Wildman–Crippen LogP) is 3.16. The third kappa shape index (κ3) is 4.93. The van der Waals surface area contributed by atoms with Gasteiger partial charge in [0.25, 0.3) is 5.91 Å². The van der Waals surface area contributed by atoms with Crippen LogP contribution < -0.4 is 10.6 Å². The first-order valence-electron chi connectivity index (χ1n) is 9.59. The van der Waals surface area contributed by atoms with E-state index in [1.807, 2.05) is 44.2 Å². The van der Waals surface area contributed by atoms with E-state index in [9.17, 15) is 19.5 Å². The topological polar surface area (TPSA) is 98.7 Å². The SMILES string of the molecule is CC(C)NC(=O)Nc1cccc(C(=O)N2CC(C(=O)O)C(c3ccccc3)C2)c1. The van der Waals surface area contributed by atoms with E-state index >= 15 is 0 Å². The molecule has 0 bridgehead atoms. The zero-order valence-electron chi connectivity index (χ0n) is 16.5. The summed E-state index contributed by atoms with van der Waals surface area (Å²) in [5.41, 5.74) is 1.82. The molecule has 1 saturated heterocycles. The molecule has 152 valence electrons. The number of nitrogens with zero attached hydrogens (tertiary/aromatic N) is 1. The number of amides is 3. The van der Waals surface area contributed by atoms with Gasteiger partial charge in [-0.15, -0.1) is 0 Å². The monoisotopic (exact) mass is 395 g/mol. The summed E-state index contributed by atoms with van der Waals surface area (Å²) in [5.74, 6) is -2.06. The van der Waals surface area contributed by atoms with Gasteiger partial charge in [0, 0.05) is 36.3 Å². The number of carboxylic acid groups (broad SMARTS) is 1. The molecule has 3 rings (SSSR count). The number of benzene rings is 2. The molecule has 1 aliphatic heterocycles. The Labute approximate surface area is 169 Å². The molecule has 2 atom stereocenters. The number of nitrogens with one attached hydrogen (secondary N) is 2. The smallest absolute Gasteiger partial charge is 0.319 e. The molecular formula is C22H25N3O4. The van der Waals surface area contributed by atoms with Crippen LogP contribution in [-0.2, 0) is 4.79 Å². The molecule has 29 heavy (non-hydrogen) atoms. The van der Waals surface area contributed by atoms with Crippen LogP contribution in [0.2, 0.25) is 0 Å². The second-order valence-corrected chi connectivity index (χ2v) is 7.51. The quantitative estimate of drug-likeness (QED) is 0.724. The molecular weight excluding hydrogens is 370 g/mol. The van der Waals surface area contributed by atoms with Gasteiger partial charge >= 0.3 is 12.0 Å². The van der Waals surface area contributed by atoms with Gasteiger partial charge in [-0.3, -0.25) is 9.59 Å². The molecule has 3 amide bonds. The molecule has 0 radical (unpaired) electrons. The third-order valence-electron chi connectivity index (χ3n) is 4.94. The van der Waals surface area contributed by atoms with Crippen LogP contribution in [0.25, 0.3) is 0 Å². The van der Waals surface area contributed by atoms with Crippen molar-refractivity contribution in [2.24, 2.45) is 5.92 Å². The third-order valence-corrected chi connectivity index (χ3v) is 4.94. The predicted molar refractivity (Wildman–Crippen MR) is 110 cm³/mol. The van der Waals surface area contributed by atoms with Crippen LogP contribution in [0.3, 0.4) is 0 Å². The number of aliphatic carboxylic acids is 1. The van der Waals surface area contributed by atoms with Crippen LogP contribution in [0, 0.1) is 5.92 Å². The van der Waals surface area contributed by atoms with Crippen molar-refractivity contribution >= 4 is 23.6 Å². The summed E-state index contributed by atoms with van der Waals surface area (Å²) in [7, 11) is 0. The number of rotatable bonds is 5. The van der Waals surface area contributed by atoms with Gasteiger partial charge in [-0.1, -0.05) is 36.4 Å². The Morgan fingerprint density at radius 1 is 1.03 bits per heavy atom. The Kier molecular flexibility index (Phi) is 6.16. The molecule has 2 unspecified atom stereocenters. The minimum Gasteiger partial charge on any atom is -0.481 e. The van der Waals surface area contributed by atoms with Crippen LogP contribution in [-0.4, -0.2) is 47.0 Å². The normalized spacial score (nSPS) is 18.5. The highest BCUT2D eigenvalue weighted by atomic mass is 16.4. The van der Waals surface area contributed by atoms with Crippen molar-refractivity contribution in [1.82, 2.24) is 10.2 Å². The average molecular weight is 395 g/mol. The van der Waals surface area contributed by atoms with E-state index in [0.717, 1.165) is 5.56 Å². The van der Waals surface area contributed by atoms with E-state index in [1.165, 1.54) is 0 Å². The number of carboxylic acids is 1. The lowest BCUT2D eigenvalue weighted by molar-refractivity contribution is -0.141. The van der Waals surface area contributed by atoms with Crippen LogP contribution in [0.4, 0.5) is 10.5 Å². The van der Waals surface area contributed by atoms with E-state index in [-0.39, 0.29) is 30.4 Å². The van der Waals surface area contributed by atoms with Crippen molar-refractivity contribution in [3.63, 3.8) is 0 Å². The van der Waals surface area contributed by atoms with E-state index in [0.29, 0.717) is 17.8 Å². The fourth-order valence-corrected chi connectivity index (χ4v) is 3.60. The summed E-state index contributed by atoms with van der Waals surface area (Å²) in [6.45, 7) is 4.20. The van der Waals surface area contributed by atoms with Gasteiger partial charge in [-0.05, 0) is 37.6 Å². The lowest BCUT2D eigenvalue weighted by Crippen LogP contribution is -2.34. The summed E-state index contributed by atoms with van der Waals surface area (Å²) in [6, 6.07) is 15.7. The largest absolute Gasteiger partial charge is 0.481 e. The molecule has 1 aliphatic rings. The summed E-state index contributed by atoms with van der Waals surface area (Å²) in [6.07, 6.45) is 0. The molecule has 0 aromatic heterocycles. The van der Waals surface area contributed by atoms with Gasteiger partial charge in [-0.25, -0.2) is 4.79 Å². The highest BCUT2D eigenvalue weighted by molar-refractivity contribution is 5.97. The first-order chi connectivity index (χ1) is 13.8. The number of hydrogen-bond acceptors (Lipinski definition) is 3. The van der Waals surface area contributed by atoms with E-state index < -0.39 is 11.9 Å². The number of carbonyl (C=O) groups excluding carboxylic acids is 2. The maximum atomic E-state index is 13.0. The molecule has 0 saturated carbocycles. The van der Waals surface area contributed by atoms with Gasteiger partial charge in [0.15, 0.2) is 0 Å². The molecule has 3 N–H and O–H groups in total. The minimum atomic E-state index is -0.907. The number of likely N-dealkylation sites (tertiary alicyclic amines) is 1. The zero-order valence-corrected chi connectivity index (χ0v) is 16.5. The number of urea groups is 1. The molecule has 1 heterocycles. The molecule has 7 nitrogen and oxygen atoms in total. The van der Waals surface area contributed by atoms with Crippen LogP contribution >= 0.6 is 0 Å². The molecule has 1 fully saturated rings. The summed E-state index contributed by atoms with van der Waals surface area (Å²) in [4.78, 5) is 38.2. The standard InChI is InChI=1S/C22H25N3O4/c1-14(2)23-22(29)24-17-10-6-9-16(11-17)20(26)25-12-18(19(13-25)21(27)28)15-7-4-3-5-8-15/h3-11,14,18-19H,12-13H2,1-2H3,(H,27,28)(H2,23,24,29). The van der Waals surface area contributed by atoms with Crippen molar-refractivity contribution in [3.05, 3.63) is 65.7 Å². The zero-order chi connectivity index (χ0) is 21.0.